The molecule has 1 aromatic carbocycles. The number of thioether (sulfide) groups is 1. The van der Waals surface area contributed by atoms with Gasteiger partial charge in [0.05, 0.1) is 5.57 Å². The SMILES string of the molecule is C=C/C=C\C(SC)=C(C(C)=O)C(=O)CCCC1(c2ccccc2)CC(C)CN(C)C1. The van der Waals surface area contributed by atoms with Crippen molar-refractivity contribution >= 4 is 23.3 Å². The molecule has 4 heteroatoms. The van der Waals surface area contributed by atoms with Crippen LogP contribution in [0.4, 0.5) is 0 Å². The van der Waals surface area contributed by atoms with E-state index in [1.165, 1.54) is 24.2 Å². The van der Waals surface area contributed by atoms with Crippen LogP contribution in [0.25, 0.3) is 0 Å². The first-order valence-corrected chi connectivity index (χ1v) is 11.9. The maximum absolute atomic E-state index is 13.0. The molecule has 0 N–H and O–H groups in total. The molecule has 1 aliphatic heterocycles. The maximum Gasteiger partial charge on any atom is 0.167 e. The summed E-state index contributed by atoms with van der Waals surface area (Å²) < 4.78 is 0. The molecule has 30 heavy (non-hydrogen) atoms. The van der Waals surface area contributed by atoms with Crippen molar-refractivity contribution in [2.45, 2.75) is 44.9 Å². The van der Waals surface area contributed by atoms with Crippen LogP contribution in [0.2, 0.25) is 0 Å². The zero-order valence-electron chi connectivity index (χ0n) is 18.8. The minimum atomic E-state index is -0.165. The topological polar surface area (TPSA) is 37.4 Å². The molecule has 0 radical (unpaired) electrons. The van der Waals surface area contributed by atoms with Crippen molar-refractivity contribution in [2.75, 3.05) is 26.4 Å². The fourth-order valence-corrected chi connectivity index (χ4v) is 5.54. The normalized spacial score (nSPS) is 23.3. The quantitative estimate of drug-likeness (QED) is 0.212. The lowest BCUT2D eigenvalue weighted by molar-refractivity contribution is -0.120. The molecule has 1 fully saturated rings. The summed E-state index contributed by atoms with van der Waals surface area (Å²) in [6.07, 6.45) is 10.4. The predicted octanol–water partition coefficient (Wildman–Crippen LogP) is 5.58. The number of carbonyl (C=O) groups is 2. The molecule has 1 aromatic rings. The first-order valence-electron chi connectivity index (χ1n) is 10.7. The monoisotopic (exact) mass is 425 g/mol. The number of allylic oxidation sites excluding steroid dienone is 4. The second-order valence-corrected chi connectivity index (χ2v) is 9.37. The fourth-order valence-electron chi connectivity index (χ4n) is 4.86. The number of nitrogens with zero attached hydrogens (tertiary/aromatic N) is 1. The average Bonchev–Trinajstić information content (AvgIpc) is 2.70. The Labute approximate surface area is 186 Å². The van der Waals surface area contributed by atoms with Gasteiger partial charge in [-0.15, -0.1) is 11.8 Å². The van der Waals surface area contributed by atoms with Gasteiger partial charge in [0.2, 0.25) is 0 Å². The van der Waals surface area contributed by atoms with Gasteiger partial charge in [-0.2, -0.15) is 0 Å². The Bertz CT molecular complexity index is 800. The molecule has 162 valence electrons. The molecule has 1 heterocycles. The molecule has 0 bridgehead atoms. The standard InChI is InChI=1S/C26H35NO2S/c1-6-7-15-24(30-5)25(21(3)28)23(29)14-11-16-26(22-12-9-8-10-13-22)17-20(2)18-27(4)19-26/h6-10,12-13,15,20H,1,11,14,16-19H2,2-5H3/b15-7-,25-24?. The average molecular weight is 426 g/mol. The van der Waals surface area contributed by atoms with Gasteiger partial charge in [-0.25, -0.2) is 0 Å². The minimum absolute atomic E-state index is 0.0546. The van der Waals surface area contributed by atoms with Crippen molar-refractivity contribution in [3.63, 3.8) is 0 Å². The minimum Gasteiger partial charge on any atom is -0.305 e. The van der Waals surface area contributed by atoms with E-state index in [0.717, 1.165) is 37.3 Å². The van der Waals surface area contributed by atoms with Gasteiger partial charge < -0.3 is 4.90 Å². The number of likely N-dealkylation sites (N-methyl/N-ethyl adjacent to an activating group) is 1. The van der Waals surface area contributed by atoms with E-state index in [2.05, 4.69) is 55.8 Å². The van der Waals surface area contributed by atoms with Crippen molar-refractivity contribution in [3.8, 4) is 0 Å². The third-order valence-electron chi connectivity index (χ3n) is 5.86. The van der Waals surface area contributed by atoms with E-state index >= 15 is 0 Å². The fraction of sp³-hybridized carbons (Fsp3) is 0.462. The molecule has 0 aliphatic carbocycles. The molecule has 0 amide bonds. The van der Waals surface area contributed by atoms with Crippen LogP contribution in [0.3, 0.4) is 0 Å². The molecule has 2 rings (SSSR count). The van der Waals surface area contributed by atoms with Crippen molar-refractivity contribution < 1.29 is 9.59 Å². The molecular weight excluding hydrogens is 390 g/mol. The summed E-state index contributed by atoms with van der Waals surface area (Å²) >= 11 is 1.43. The zero-order valence-corrected chi connectivity index (χ0v) is 19.6. The number of likely N-dealkylation sites (tertiary alicyclic amines) is 1. The molecule has 2 unspecified atom stereocenters. The molecular formula is C26H35NO2S. The van der Waals surface area contributed by atoms with Crippen LogP contribution in [-0.2, 0) is 15.0 Å². The highest BCUT2D eigenvalue weighted by molar-refractivity contribution is 8.02. The smallest absolute Gasteiger partial charge is 0.167 e. The first-order chi connectivity index (χ1) is 14.3. The van der Waals surface area contributed by atoms with E-state index in [1.54, 1.807) is 18.2 Å². The highest BCUT2D eigenvalue weighted by atomic mass is 32.2. The van der Waals surface area contributed by atoms with Crippen LogP contribution in [0, 0.1) is 5.92 Å². The Balaban J connectivity index is 2.21. The van der Waals surface area contributed by atoms with Crippen molar-refractivity contribution in [2.24, 2.45) is 5.92 Å². The summed E-state index contributed by atoms with van der Waals surface area (Å²) in [5.74, 6) is 0.391. The Morgan fingerprint density at radius 3 is 2.57 bits per heavy atom. The van der Waals surface area contributed by atoms with E-state index in [1.807, 2.05) is 6.26 Å². The van der Waals surface area contributed by atoms with Crippen LogP contribution in [0.1, 0.15) is 45.1 Å². The Kier molecular flexibility index (Phi) is 9.32. The number of rotatable bonds is 10. The molecule has 2 atom stereocenters. The van der Waals surface area contributed by atoms with Gasteiger partial charge in [-0.05, 0) is 57.0 Å². The molecule has 0 saturated carbocycles. The van der Waals surface area contributed by atoms with Crippen LogP contribution in [-0.4, -0.2) is 42.9 Å². The van der Waals surface area contributed by atoms with Gasteiger partial charge in [-0.1, -0.05) is 56.0 Å². The summed E-state index contributed by atoms with van der Waals surface area (Å²) in [4.78, 5) is 28.4. The number of carbonyl (C=O) groups excluding carboxylic acids is 2. The third kappa shape index (κ3) is 6.29. The second kappa shape index (κ2) is 11.5. The Morgan fingerprint density at radius 1 is 1.30 bits per heavy atom. The van der Waals surface area contributed by atoms with Gasteiger partial charge in [0.15, 0.2) is 11.6 Å². The van der Waals surface area contributed by atoms with E-state index in [0.29, 0.717) is 17.9 Å². The van der Waals surface area contributed by atoms with E-state index < -0.39 is 0 Å². The molecule has 1 aliphatic rings. The van der Waals surface area contributed by atoms with Crippen molar-refractivity contribution in [1.82, 2.24) is 4.90 Å². The molecule has 0 aromatic heterocycles. The summed E-state index contributed by atoms with van der Waals surface area (Å²) in [6.45, 7) is 9.58. The number of ketones is 2. The number of hydrogen-bond acceptors (Lipinski definition) is 4. The lowest BCUT2D eigenvalue weighted by Gasteiger charge is -2.45. The van der Waals surface area contributed by atoms with E-state index in [9.17, 15) is 9.59 Å². The van der Waals surface area contributed by atoms with Gasteiger partial charge >= 0.3 is 0 Å². The predicted molar refractivity (Wildman–Crippen MR) is 129 cm³/mol. The summed E-state index contributed by atoms with van der Waals surface area (Å²) in [5, 5.41) is 0. The van der Waals surface area contributed by atoms with Gasteiger partial charge in [0.1, 0.15) is 0 Å². The number of hydrogen-bond donors (Lipinski definition) is 0. The van der Waals surface area contributed by atoms with Crippen molar-refractivity contribution in [3.05, 3.63) is 71.2 Å². The molecule has 0 spiro atoms. The number of benzene rings is 1. The van der Waals surface area contributed by atoms with E-state index in [-0.39, 0.29) is 17.0 Å². The third-order valence-corrected chi connectivity index (χ3v) is 6.64. The van der Waals surface area contributed by atoms with Crippen LogP contribution in [0.15, 0.2) is 65.6 Å². The Morgan fingerprint density at radius 2 is 2.00 bits per heavy atom. The first kappa shape index (κ1) is 24.4. The van der Waals surface area contributed by atoms with Gasteiger partial charge in [0, 0.05) is 29.8 Å². The highest BCUT2D eigenvalue weighted by Crippen LogP contribution is 2.40. The molecule has 3 nitrogen and oxygen atoms in total. The number of Topliss-reactive ketones (excluding diaryl/α,β-unsaturated/α-hetero) is 2. The van der Waals surface area contributed by atoms with Gasteiger partial charge in [-0.3, -0.25) is 9.59 Å². The van der Waals surface area contributed by atoms with Crippen LogP contribution >= 0.6 is 11.8 Å². The lowest BCUT2D eigenvalue weighted by atomic mass is 9.68. The Hall–Kier alpha value is -1.91. The lowest BCUT2D eigenvalue weighted by Crippen LogP contribution is -2.47. The van der Waals surface area contributed by atoms with Crippen LogP contribution in [0.5, 0.6) is 0 Å². The maximum atomic E-state index is 13.0. The van der Waals surface area contributed by atoms with Gasteiger partial charge in [0.25, 0.3) is 0 Å². The van der Waals surface area contributed by atoms with Crippen LogP contribution < -0.4 is 0 Å². The zero-order chi connectivity index (χ0) is 22.1. The second-order valence-electron chi connectivity index (χ2n) is 8.52. The summed E-state index contributed by atoms with van der Waals surface area (Å²) in [6, 6.07) is 10.7. The number of piperidine rings is 1. The summed E-state index contributed by atoms with van der Waals surface area (Å²) in [7, 11) is 2.19. The largest absolute Gasteiger partial charge is 0.305 e. The summed E-state index contributed by atoms with van der Waals surface area (Å²) in [5.41, 5.74) is 1.74. The molecule has 1 saturated heterocycles. The van der Waals surface area contributed by atoms with E-state index in [4.69, 9.17) is 0 Å². The van der Waals surface area contributed by atoms with Crippen molar-refractivity contribution in [1.29, 1.82) is 0 Å². The highest BCUT2D eigenvalue weighted by Gasteiger charge is 2.38.